The van der Waals surface area contributed by atoms with Crippen molar-refractivity contribution in [3.8, 4) is 11.5 Å². The Balaban J connectivity index is 1.60. The van der Waals surface area contributed by atoms with Gasteiger partial charge in [0.15, 0.2) is 11.5 Å². The zero-order valence-electron chi connectivity index (χ0n) is 19.8. The lowest BCUT2D eigenvalue weighted by molar-refractivity contribution is -0.183. The molecule has 3 aromatic heterocycles. The summed E-state index contributed by atoms with van der Waals surface area (Å²) in [5.41, 5.74) is 7.62. The fraction of sp³-hybridized carbons (Fsp3) is 0.360. The van der Waals surface area contributed by atoms with E-state index in [4.69, 9.17) is 5.73 Å². The summed E-state index contributed by atoms with van der Waals surface area (Å²) >= 11 is 0. The van der Waals surface area contributed by atoms with Crippen LogP contribution in [0.4, 0.5) is 13.2 Å². The van der Waals surface area contributed by atoms with Gasteiger partial charge in [0.2, 0.25) is 0 Å². The number of likely N-dealkylation sites (tertiary alicyclic amines) is 1. The van der Waals surface area contributed by atoms with E-state index in [1.165, 1.54) is 27.6 Å². The van der Waals surface area contributed by atoms with Crippen molar-refractivity contribution >= 4 is 22.5 Å². The molecule has 1 aliphatic heterocycles. The molecule has 11 heteroatoms. The maximum Gasteiger partial charge on any atom is 0.408 e. The summed E-state index contributed by atoms with van der Waals surface area (Å²) in [6.07, 6.45) is -2.55. The molecule has 1 aliphatic rings. The molecule has 5 rings (SSSR count). The lowest BCUT2D eigenvalue weighted by Crippen LogP contribution is -2.38. The van der Waals surface area contributed by atoms with Gasteiger partial charge in [0, 0.05) is 36.8 Å². The summed E-state index contributed by atoms with van der Waals surface area (Å²) in [6.45, 7) is 4.17. The number of para-hydroxylation sites is 1. The number of carbonyl (C=O) groups excluding carboxylic acids is 1. The number of amides is 1. The summed E-state index contributed by atoms with van der Waals surface area (Å²) in [7, 11) is 0. The number of alkyl halides is 3. The van der Waals surface area contributed by atoms with E-state index in [-0.39, 0.29) is 42.5 Å². The van der Waals surface area contributed by atoms with Gasteiger partial charge in [-0.1, -0.05) is 24.3 Å². The molecular weight excluding hydrogens is 471 g/mol. The minimum Gasteiger partial charge on any atom is -0.350 e. The molecule has 2 atom stereocenters. The molecule has 4 aromatic rings. The molecule has 0 bridgehead atoms. The Hall–Kier alpha value is -3.57. The summed E-state index contributed by atoms with van der Waals surface area (Å²) < 4.78 is 43.9. The third-order valence-corrected chi connectivity index (χ3v) is 6.29. The molecule has 36 heavy (non-hydrogen) atoms. The topological polar surface area (TPSA) is 101 Å². The first kappa shape index (κ1) is 24.1. The van der Waals surface area contributed by atoms with E-state index in [1.807, 2.05) is 19.9 Å². The van der Waals surface area contributed by atoms with E-state index in [0.717, 1.165) is 5.39 Å². The van der Waals surface area contributed by atoms with Crippen molar-refractivity contribution in [2.75, 3.05) is 13.1 Å². The molecule has 0 unspecified atom stereocenters. The van der Waals surface area contributed by atoms with Crippen molar-refractivity contribution in [2.24, 2.45) is 5.73 Å². The molecule has 0 saturated carbocycles. The molecular formula is C25H26F3N7O. The van der Waals surface area contributed by atoms with Crippen LogP contribution in [0.5, 0.6) is 0 Å². The van der Waals surface area contributed by atoms with E-state index in [9.17, 15) is 18.0 Å². The van der Waals surface area contributed by atoms with Gasteiger partial charge in [0.25, 0.3) is 5.91 Å². The van der Waals surface area contributed by atoms with Crippen molar-refractivity contribution in [1.29, 1.82) is 0 Å². The van der Waals surface area contributed by atoms with Crippen molar-refractivity contribution in [3.63, 3.8) is 0 Å². The summed E-state index contributed by atoms with van der Waals surface area (Å²) in [5.74, 6) is 0.0253. The quantitative estimate of drug-likeness (QED) is 0.436. The SMILES string of the molecule is CC(C)NC(=O)c1cccc2ccc(-c3nnc4ccc([C@@H](N5CC[C@H](N)C5)C(F)(F)F)cn34)nc12. The standard InChI is InChI=1S/C25H26F3N7O/c1-14(2)30-24(36)18-5-3-4-15-6-8-19(31-21(15)18)23-33-32-20-9-7-16(12-35(20)23)22(25(26,27)28)34-11-10-17(29)13-34/h3-9,12,14,17,22H,10-11,13,29H2,1-2H3,(H,30,36)/t17-,22+/m0/s1. The van der Waals surface area contributed by atoms with Gasteiger partial charge in [0.05, 0.1) is 11.1 Å². The predicted octanol–water partition coefficient (Wildman–Crippen LogP) is 3.72. The van der Waals surface area contributed by atoms with Crippen molar-refractivity contribution in [2.45, 2.75) is 44.6 Å². The van der Waals surface area contributed by atoms with Crippen LogP contribution < -0.4 is 11.1 Å². The number of halogens is 3. The lowest BCUT2D eigenvalue weighted by Gasteiger charge is -2.30. The monoisotopic (exact) mass is 497 g/mol. The maximum atomic E-state index is 14.1. The highest BCUT2D eigenvalue weighted by Crippen LogP contribution is 2.39. The second-order valence-corrected chi connectivity index (χ2v) is 9.40. The van der Waals surface area contributed by atoms with Crippen LogP contribution in [0.3, 0.4) is 0 Å². The number of fused-ring (bicyclic) bond motifs is 2. The number of hydrogen-bond donors (Lipinski definition) is 2. The van der Waals surface area contributed by atoms with Crippen LogP contribution in [0.2, 0.25) is 0 Å². The molecule has 1 fully saturated rings. The third kappa shape index (κ3) is 4.51. The Morgan fingerprint density at radius 1 is 1.14 bits per heavy atom. The van der Waals surface area contributed by atoms with Crippen LogP contribution in [-0.2, 0) is 0 Å². The summed E-state index contributed by atoms with van der Waals surface area (Å²) in [5, 5.41) is 11.9. The summed E-state index contributed by atoms with van der Waals surface area (Å²) in [6, 6.07) is 9.64. The van der Waals surface area contributed by atoms with Crippen LogP contribution in [0.15, 0.2) is 48.7 Å². The molecule has 0 spiro atoms. The highest BCUT2D eigenvalue weighted by Gasteiger charge is 2.46. The molecule has 4 heterocycles. The lowest BCUT2D eigenvalue weighted by atomic mass is 10.1. The molecule has 0 aliphatic carbocycles. The van der Waals surface area contributed by atoms with Crippen molar-refractivity contribution in [3.05, 3.63) is 59.8 Å². The number of pyridine rings is 2. The second-order valence-electron chi connectivity index (χ2n) is 9.40. The van der Waals surface area contributed by atoms with Gasteiger partial charge in [0.1, 0.15) is 11.7 Å². The minimum atomic E-state index is -4.48. The fourth-order valence-corrected chi connectivity index (χ4v) is 4.70. The smallest absolute Gasteiger partial charge is 0.350 e. The number of nitrogens with one attached hydrogen (secondary N) is 1. The van der Waals surface area contributed by atoms with Gasteiger partial charge in [-0.3, -0.25) is 14.1 Å². The van der Waals surface area contributed by atoms with Crippen molar-refractivity contribution < 1.29 is 18.0 Å². The Kier molecular flexibility index (Phi) is 6.13. The van der Waals surface area contributed by atoms with Crippen LogP contribution in [-0.4, -0.2) is 61.7 Å². The first-order valence-electron chi connectivity index (χ1n) is 11.7. The van der Waals surface area contributed by atoms with Crippen LogP contribution in [0.25, 0.3) is 28.1 Å². The Morgan fingerprint density at radius 3 is 2.64 bits per heavy atom. The zero-order valence-corrected chi connectivity index (χ0v) is 19.8. The molecule has 1 aromatic carbocycles. The molecule has 1 amide bonds. The Morgan fingerprint density at radius 2 is 1.94 bits per heavy atom. The van der Waals surface area contributed by atoms with E-state index < -0.39 is 12.2 Å². The first-order chi connectivity index (χ1) is 17.1. The predicted molar refractivity (Wildman–Crippen MR) is 129 cm³/mol. The number of carbonyl (C=O) groups is 1. The number of rotatable bonds is 5. The first-order valence-corrected chi connectivity index (χ1v) is 11.7. The van der Waals surface area contributed by atoms with Crippen molar-refractivity contribution in [1.82, 2.24) is 29.8 Å². The Bertz CT molecular complexity index is 1430. The molecule has 3 N–H and O–H groups in total. The number of benzene rings is 1. The fourth-order valence-electron chi connectivity index (χ4n) is 4.70. The average Bonchev–Trinajstić information content (AvgIpc) is 3.43. The van der Waals surface area contributed by atoms with E-state index in [0.29, 0.717) is 28.8 Å². The second kappa shape index (κ2) is 9.14. The summed E-state index contributed by atoms with van der Waals surface area (Å²) in [4.78, 5) is 18.8. The van der Waals surface area contributed by atoms with Gasteiger partial charge >= 0.3 is 6.18 Å². The van der Waals surface area contributed by atoms with Gasteiger partial charge in [-0.15, -0.1) is 10.2 Å². The van der Waals surface area contributed by atoms with Gasteiger partial charge < -0.3 is 11.1 Å². The van der Waals surface area contributed by atoms with E-state index >= 15 is 0 Å². The van der Waals surface area contributed by atoms with Gasteiger partial charge in [-0.05, 0) is 44.0 Å². The normalized spacial score (nSPS) is 17.8. The number of nitrogens with zero attached hydrogens (tertiary/aromatic N) is 5. The van der Waals surface area contributed by atoms with Crippen LogP contribution in [0, 0.1) is 0 Å². The Labute approximate surface area is 205 Å². The third-order valence-electron chi connectivity index (χ3n) is 6.29. The van der Waals surface area contributed by atoms with Crippen LogP contribution in [0.1, 0.15) is 42.2 Å². The molecule has 1 saturated heterocycles. The molecule has 0 radical (unpaired) electrons. The minimum absolute atomic E-state index is 0.0541. The maximum absolute atomic E-state index is 14.1. The van der Waals surface area contributed by atoms with E-state index in [2.05, 4.69) is 20.5 Å². The zero-order chi connectivity index (χ0) is 25.6. The number of nitrogens with two attached hydrogens (primary N) is 1. The number of hydrogen-bond acceptors (Lipinski definition) is 6. The molecule has 188 valence electrons. The average molecular weight is 498 g/mol. The highest BCUT2D eigenvalue weighted by atomic mass is 19.4. The number of aromatic nitrogens is 4. The molecule has 8 nitrogen and oxygen atoms in total. The highest BCUT2D eigenvalue weighted by molar-refractivity contribution is 6.05. The van der Waals surface area contributed by atoms with Crippen LogP contribution >= 0.6 is 0 Å². The van der Waals surface area contributed by atoms with E-state index in [1.54, 1.807) is 24.3 Å². The van der Waals surface area contributed by atoms with Gasteiger partial charge in [-0.2, -0.15) is 13.2 Å². The van der Waals surface area contributed by atoms with Gasteiger partial charge in [-0.25, -0.2) is 4.98 Å². The largest absolute Gasteiger partial charge is 0.408 e.